The Labute approximate surface area is 177 Å². The number of hydrogen-bond acceptors (Lipinski definition) is 6. The van der Waals surface area contributed by atoms with Crippen LogP contribution < -0.4 is 18.9 Å². The van der Waals surface area contributed by atoms with Crippen molar-refractivity contribution in [3.05, 3.63) is 47.5 Å². The van der Waals surface area contributed by atoms with Crippen LogP contribution in [-0.2, 0) is 4.79 Å². The van der Waals surface area contributed by atoms with Gasteiger partial charge in [-0.3, -0.25) is 4.79 Å². The lowest BCUT2D eigenvalue weighted by Crippen LogP contribution is -2.36. The van der Waals surface area contributed by atoms with Crippen LogP contribution in [0.4, 0.5) is 0 Å². The quantitative estimate of drug-likeness (QED) is 0.740. The highest BCUT2D eigenvalue weighted by Gasteiger charge is 2.53. The summed E-state index contributed by atoms with van der Waals surface area (Å²) < 4.78 is 21.7. The minimum atomic E-state index is -1.14. The number of Topliss-reactive ketones (excluding diaryl/α,β-unsaturated/α-hetero) is 1. The van der Waals surface area contributed by atoms with Crippen LogP contribution in [0.15, 0.2) is 36.4 Å². The first-order valence-electron chi connectivity index (χ1n) is 9.94. The van der Waals surface area contributed by atoms with E-state index >= 15 is 0 Å². The van der Waals surface area contributed by atoms with E-state index in [9.17, 15) is 9.90 Å². The predicted octanol–water partition coefficient (Wildman–Crippen LogP) is 3.95. The van der Waals surface area contributed by atoms with Crippen LogP contribution in [0.3, 0.4) is 0 Å². The predicted molar refractivity (Wildman–Crippen MR) is 114 cm³/mol. The molecule has 1 saturated carbocycles. The fourth-order valence-electron chi connectivity index (χ4n) is 4.90. The monoisotopic (exact) mass is 414 g/mol. The van der Waals surface area contributed by atoms with Gasteiger partial charge in [-0.1, -0.05) is 12.1 Å². The van der Waals surface area contributed by atoms with Gasteiger partial charge in [-0.25, -0.2) is 0 Å². The van der Waals surface area contributed by atoms with Crippen molar-refractivity contribution in [2.45, 2.75) is 37.7 Å². The third-order valence-corrected chi connectivity index (χ3v) is 6.16. The number of carbonyl (C=O) groups is 1. The molecule has 1 aliphatic carbocycles. The molecule has 4 atom stereocenters. The zero-order valence-electron chi connectivity index (χ0n) is 18.4. The lowest BCUT2D eigenvalue weighted by molar-refractivity contribution is -0.127. The van der Waals surface area contributed by atoms with E-state index in [0.717, 1.165) is 11.1 Å². The molecule has 0 aliphatic heterocycles. The Balaban J connectivity index is 2.15. The molecular formula is C24H30O6. The smallest absolute Gasteiger partial charge is 0.160 e. The zero-order valence-corrected chi connectivity index (χ0v) is 18.4. The molecule has 0 heterocycles. The maximum absolute atomic E-state index is 12.7. The van der Waals surface area contributed by atoms with E-state index in [0.29, 0.717) is 29.4 Å². The molecule has 2 aromatic carbocycles. The Hall–Kier alpha value is -2.73. The van der Waals surface area contributed by atoms with Gasteiger partial charge in [0.05, 0.1) is 40.0 Å². The third kappa shape index (κ3) is 3.84. The number of ether oxygens (including phenoxy) is 4. The minimum Gasteiger partial charge on any atom is -0.493 e. The van der Waals surface area contributed by atoms with E-state index in [1.54, 1.807) is 42.3 Å². The van der Waals surface area contributed by atoms with Gasteiger partial charge in [0.2, 0.25) is 0 Å². The number of hydrogen-bond donors (Lipinski definition) is 1. The van der Waals surface area contributed by atoms with Gasteiger partial charge in [0.15, 0.2) is 23.0 Å². The molecule has 162 valence electrons. The molecule has 0 spiro atoms. The first-order valence-corrected chi connectivity index (χ1v) is 9.94. The van der Waals surface area contributed by atoms with Crippen molar-refractivity contribution in [2.75, 3.05) is 28.4 Å². The first kappa shape index (κ1) is 22.0. The van der Waals surface area contributed by atoms with E-state index in [1.807, 2.05) is 36.4 Å². The molecule has 0 unspecified atom stereocenters. The number of benzene rings is 2. The SMILES string of the molecule is COc1ccc([C@@H]2[C@@H](c3ccc(OC)c(OC)c3)C[C@@](C)(O)[C@H]2C(C)=O)cc1OC. The Bertz CT molecular complexity index is 920. The number of aliphatic hydroxyl groups is 1. The lowest BCUT2D eigenvalue weighted by Gasteiger charge is -2.28. The second kappa shape index (κ2) is 8.56. The standard InChI is InChI=1S/C24H30O6/c1-14(25)23-22(16-8-10-19(28-4)21(12-16)30-6)17(13-24(23,2)26)15-7-9-18(27-3)20(11-15)29-5/h7-12,17,22-23,26H,13H2,1-6H3/t17-,22-,23+,24-/m1/s1. The molecule has 0 bridgehead atoms. The molecule has 0 saturated heterocycles. The average molecular weight is 414 g/mol. The maximum atomic E-state index is 12.7. The summed E-state index contributed by atoms with van der Waals surface area (Å²) in [4.78, 5) is 12.7. The summed E-state index contributed by atoms with van der Waals surface area (Å²) in [6, 6.07) is 11.4. The van der Waals surface area contributed by atoms with E-state index in [2.05, 4.69) is 0 Å². The van der Waals surface area contributed by atoms with E-state index in [4.69, 9.17) is 18.9 Å². The van der Waals surface area contributed by atoms with Crippen LogP contribution in [0.1, 0.15) is 43.2 Å². The molecule has 6 heteroatoms. The van der Waals surface area contributed by atoms with Crippen LogP contribution in [-0.4, -0.2) is 44.9 Å². The Morgan fingerprint density at radius 2 is 1.33 bits per heavy atom. The summed E-state index contributed by atoms with van der Waals surface area (Å²) in [5, 5.41) is 11.2. The number of carbonyl (C=O) groups excluding carboxylic acids is 1. The van der Waals surface area contributed by atoms with Crippen LogP contribution >= 0.6 is 0 Å². The molecule has 0 amide bonds. The highest BCUT2D eigenvalue weighted by Crippen LogP contribution is 2.56. The summed E-state index contributed by atoms with van der Waals surface area (Å²) in [7, 11) is 6.36. The third-order valence-electron chi connectivity index (χ3n) is 6.16. The molecule has 1 fully saturated rings. The van der Waals surface area contributed by atoms with Gasteiger partial charge in [0.25, 0.3) is 0 Å². The van der Waals surface area contributed by atoms with Gasteiger partial charge in [0.1, 0.15) is 5.78 Å². The lowest BCUT2D eigenvalue weighted by atomic mass is 9.77. The van der Waals surface area contributed by atoms with Crippen molar-refractivity contribution in [2.24, 2.45) is 5.92 Å². The zero-order chi connectivity index (χ0) is 22.1. The van der Waals surface area contributed by atoms with Crippen molar-refractivity contribution in [3.8, 4) is 23.0 Å². The average Bonchev–Trinajstić information content (AvgIpc) is 3.03. The van der Waals surface area contributed by atoms with Crippen molar-refractivity contribution >= 4 is 5.78 Å². The second-order valence-corrected chi connectivity index (χ2v) is 8.01. The fraction of sp³-hybridized carbons (Fsp3) is 0.458. The van der Waals surface area contributed by atoms with E-state index in [-0.39, 0.29) is 17.6 Å². The van der Waals surface area contributed by atoms with E-state index in [1.165, 1.54) is 0 Å². The highest BCUT2D eigenvalue weighted by molar-refractivity contribution is 5.81. The fourth-order valence-corrected chi connectivity index (χ4v) is 4.90. The first-order chi connectivity index (χ1) is 14.3. The summed E-state index contributed by atoms with van der Waals surface area (Å²) in [6.07, 6.45) is 0.450. The Morgan fingerprint density at radius 1 is 0.867 bits per heavy atom. The highest BCUT2D eigenvalue weighted by atomic mass is 16.5. The second-order valence-electron chi connectivity index (χ2n) is 8.01. The molecule has 0 radical (unpaired) electrons. The molecule has 30 heavy (non-hydrogen) atoms. The molecule has 0 aromatic heterocycles. The van der Waals surface area contributed by atoms with Crippen LogP contribution in [0.25, 0.3) is 0 Å². The Kier molecular flexibility index (Phi) is 6.27. The molecular weight excluding hydrogens is 384 g/mol. The van der Waals surface area contributed by atoms with Crippen molar-refractivity contribution in [1.82, 2.24) is 0 Å². The summed E-state index contributed by atoms with van der Waals surface area (Å²) in [5.41, 5.74) is 0.767. The van der Waals surface area contributed by atoms with Gasteiger partial charge in [-0.2, -0.15) is 0 Å². The minimum absolute atomic E-state index is 0.0391. The normalized spacial score (nSPS) is 25.6. The molecule has 2 aromatic rings. The largest absolute Gasteiger partial charge is 0.493 e. The van der Waals surface area contributed by atoms with Crippen molar-refractivity contribution in [1.29, 1.82) is 0 Å². The molecule has 1 N–H and O–H groups in total. The van der Waals surface area contributed by atoms with Gasteiger partial charge < -0.3 is 24.1 Å². The van der Waals surface area contributed by atoms with Crippen LogP contribution in [0.5, 0.6) is 23.0 Å². The van der Waals surface area contributed by atoms with Crippen molar-refractivity contribution in [3.63, 3.8) is 0 Å². The van der Waals surface area contributed by atoms with Gasteiger partial charge in [-0.05, 0) is 61.6 Å². The van der Waals surface area contributed by atoms with Crippen LogP contribution in [0, 0.1) is 5.92 Å². The Morgan fingerprint density at radius 3 is 1.80 bits per heavy atom. The topological polar surface area (TPSA) is 74.2 Å². The van der Waals surface area contributed by atoms with Gasteiger partial charge >= 0.3 is 0 Å². The number of rotatable bonds is 7. The van der Waals surface area contributed by atoms with E-state index < -0.39 is 11.5 Å². The molecule has 6 nitrogen and oxygen atoms in total. The van der Waals surface area contributed by atoms with Crippen LogP contribution in [0.2, 0.25) is 0 Å². The summed E-state index contributed by atoms with van der Waals surface area (Å²) >= 11 is 0. The maximum Gasteiger partial charge on any atom is 0.160 e. The van der Waals surface area contributed by atoms with Crippen molar-refractivity contribution < 1.29 is 28.8 Å². The number of methoxy groups -OCH3 is 4. The summed E-state index contributed by atoms with van der Waals surface area (Å²) in [5.74, 6) is 1.56. The summed E-state index contributed by atoms with van der Waals surface area (Å²) in [6.45, 7) is 3.29. The van der Waals surface area contributed by atoms with Gasteiger partial charge in [0, 0.05) is 5.92 Å². The molecule has 3 rings (SSSR count). The van der Waals surface area contributed by atoms with Gasteiger partial charge in [-0.15, -0.1) is 0 Å². The number of ketones is 1. The molecule has 1 aliphatic rings.